The Balaban J connectivity index is 0.00000324. The van der Waals surface area contributed by atoms with Gasteiger partial charge >= 0.3 is 0 Å². The molecular formula is C15H23Cl2NO. The fourth-order valence-electron chi connectivity index (χ4n) is 2.51. The van der Waals surface area contributed by atoms with E-state index in [2.05, 4.69) is 32.6 Å². The van der Waals surface area contributed by atoms with Gasteiger partial charge in [0.1, 0.15) is 0 Å². The number of carbonyl (C=O) groups is 1. The Morgan fingerprint density at radius 2 is 1.63 bits per heavy atom. The summed E-state index contributed by atoms with van der Waals surface area (Å²) in [6, 6.07) is 7.70. The molecule has 19 heavy (non-hydrogen) atoms. The third-order valence-corrected chi connectivity index (χ3v) is 3.36. The van der Waals surface area contributed by atoms with Gasteiger partial charge in [-0.15, -0.1) is 12.4 Å². The minimum Gasteiger partial charge on any atom is -0.292 e. The number of halogens is 2. The third-order valence-electron chi connectivity index (χ3n) is 3.13. The Labute approximate surface area is 127 Å². The summed E-state index contributed by atoms with van der Waals surface area (Å²) in [5, 5.41) is 0.605. The molecule has 0 aliphatic carbocycles. The zero-order chi connectivity index (χ0) is 13.9. The first kappa shape index (κ1) is 18.4. The maximum atomic E-state index is 12.4. The van der Waals surface area contributed by atoms with Crippen molar-refractivity contribution in [1.82, 2.24) is 4.90 Å². The highest BCUT2D eigenvalue weighted by Crippen LogP contribution is 2.17. The van der Waals surface area contributed by atoms with E-state index in [9.17, 15) is 4.79 Å². The van der Waals surface area contributed by atoms with Crippen LogP contribution in [0.25, 0.3) is 0 Å². The van der Waals surface area contributed by atoms with Gasteiger partial charge in [-0.25, -0.2) is 0 Å². The van der Waals surface area contributed by atoms with Crippen LogP contribution in [0.1, 0.15) is 45.0 Å². The molecule has 0 aliphatic heterocycles. The van der Waals surface area contributed by atoms with Crippen LogP contribution in [0, 0.1) is 0 Å². The molecule has 1 aromatic rings. The summed E-state index contributed by atoms with van der Waals surface area (Å²) in [7, 11) is 0. The van der Waals surface area contributed by atoms with Gasteiger partial charge in [0, 0.05) is 22.7 Å². The lowest BCUT2D eigenvalue weighted by molar-refractivity contribution is 0.0711. The SMILES string of the molecule is CC(C)N(C(C)C)C(C)C(=O)c1cccc(Cl)c1.Cl. The quantitative estimate of drug-likeness (QED) is 0.749. The number of rotatable bonds is 5. The Kier molecular flexibility index (Phi) is 7.65. The molecule has 4 heteroatoms. The number of ketones is 1. The van der Waals surface area contributed by atoms with E-state index in [1.54, 1.807) is 12.1 Å². The zero-order valence-corrected chi connectivity index (χ0v) is 13.8. The fraction of sp³-hybridized carbons (Fsp3) is 0.533. The molecule has 0 spiro atoms. The normalized spacial score (nSPS) is 12.7. The predicted molar refractivity (Wildman–Crippen MR) is 84.6 cm³/mol. The maximum Gasteiger partial charge on any atom is 0.179 e. The van der Waals surface area contributed by atoms with Gasteiger partial charge in [0.25, 0.3) is 0 Å². The molecular weight excluding hydrogens is 281 g/mol. The van der Waals surface area contributed by atoms with E-state index < -0.39 is 0 Å². The molecule has 0 saturated carbocycles. The topological polar surface area (TPSA) is 20.3 Å². The summed E-state index contributed by atoms with van der Waals surface area (Å²) < 4.78 is 0. The van der Waals surface area contributed by atoms with Gasteiger partial charge in [0.15, 0.2) is 5.78 Å². The second-order valence-electron chi connectivity index (χ2n) is 5.19. The monoisotopic (exact) mass is 303 g/mol. The highest BCUT2D eigenvalue weighted by molar-refractivity contribution is 6.31. The number of benzene rings is 1. The lowest BCUT2D eigenvalue weighted by Gasteiger charge is -2.35. The van der Waals surface area contributed by atoms with Gasteiger partial charge in [-0.2, -0.15) is 0 Å². The number of hydrogen-bond acceptors (Lipinski definition) is 2. The third kappa shape index (κ3) is 4.79. The van der Waals surface area contributed by atoms with E-state index in [1.807, 2.05) is 19.1 Å². The number of hydrogen-bond donors (Lipinski definition) is 0. The molecule has 1 atom stereocenters. The van der Waals surface area contributed by atoms with Crippen molar-refractivity contribution in [3.63, 3.8) is 0 Å². The van der Waals surface area contributed by atoms with Gasteiger partial charge < -0.3 is 0 Å². The second kappa shape index (κ2) is 7.88. The summed E-state index contributed by atoms with van der Waals surface area (Å²) in [5.74, 6) is 0.125. The lowest BCUT2D eigenvalue weighted by Crippen LogP contribution is -2.47. The number of carbonyl (C=O) groups excluding carboxylic acids is 1. The van der Waals surface area contributed by atoms with E-state index in [1.165, 1.54) is 0 Å². The molecule has 0 radical (unpaired) electrons. The van der Waals surface area contributed by atoms with Crippen LogP contribution >= 0.6 is 24.0 Å². The van der Waals surface area contributed by atoms with Gasteiger partial charge in [0.2, 0.25) is 0 Å². The van der Waals surface area contributed by atoms with Crippen LogP contribution in [0.4, 0.5) is 0 Å². The molecule has 0 saturated heterocycles. The molecule has 108 valence electrons. The van der Waals surface area contributed by atoms with Crippen LogP contribution in [0.15, 0.2) is 24.3 Å². The number of Topliss-reactive ketones (excluding diaryl/α,β-unsaturated/α-hetero) is 1. The molecule has 0 fully saturated rings. The number of nitrogens with zero attached hydrogens (tertiary/aromatic N) is 1. The van der Waals surface area contributed by atoms with E-state index >= 15 is 0 Å². The van der Waals surface area contributed by atoms with Crippen molar-refractivity contribution in [2.24, 2.45) is 0 Å². The van der Waals surface area contributed by atoms with Gasteiger partial charge in [-0.05, 0) is 46.8 Å². The zero-order valence-electron chi connectivity index (χ0n) is 12.2. The standard InChI is InChI=1S/C15H22ClNO.ClH/c1-10(2)17(11(3)4)12(5)15(18)13-7-6-8-14(16)9-13;/h6-12H,1-5H3;1H. The van der Waals surface area contributed by atoms with Crippen LogP contribution in [-0.4, -0.2) is 28.8 Å². The predicted octanol–water partition coefficient (Wildman–Crippen LogP) is 4.45. The van der Waals surface area contributed by atoms with Crippen LogP contribution in [0.2, 0.25) is 5.02 Å². The van der Waals surface area contributed by atoms with Crippen LogP contribution in [0.5, 0.6) is 0 Å². The van der Waals surface area contributed by atoms with Gasteiger partial charge in [-0.1, -0.05) is 23.7 Å². The van der Waals surface area contributed by atoms with Crippen molar-refractivity contribution in [2.45, 2.75) is 52.7 Å². The van der Waals surface area contributed by atoms with Crippen molar-refractivity contribution in [1.29, 1.82) is 0 Å². The molecule has 1 rings (SSSR count). The lowest BCUT2D eigenvalue weighted by atomic mass is 10.0. The first-order valence-electron chi connectivity index (χ1n) is 6.41. The van der Waals surface area contributed by atoms with Crippen LogP contribution in [0.3, 0.4) is 0 Å². The second-order valence-corrected chi connectivity index (χ2v) is 5.62. The van der Waals surface area contributed by atoms with E-state index in [0.29, 0.717) is 22.7 Å². The average molecular weight is 304 g/mol. The Hall–Kier alpha value is -0.570. The van der Waals surface area contributed by atoms with Gasteiger partial charge in [0.05, 0.1) is 6.04 Å². The minimum atomic E-state index is -0.136. The Morgan fingerprint density at radius 3 is 2.05 bits per heavy atom. The van der Waals surface area contributed by atoms with Crippen molar-refractivity contribution >= 4 is 29.8 Å². The molecule has 2 nitrogen and oxygen atoms in total. The average Bonchev–Trinajstić information content (AvgIpc) is 2.26. The molecule has 0 amide bonds. The van der Waals surface area contributed by atoms with Crippen molar-refractivity contribution < 1.29 is 4.79 Å². The Morgan fingerprint density at radius 1 is 1.11 bits per heavy atom. The Bertz CT molecular complexity index is 410. The van der Waals surface area contributed by atoms with E-state index in [4.69, 9.17) is 11.6 Å². The summed E-state index contributed by atoms with van der Waals surface area (Å²) >= 11 is 5.93. The molecule has 0 bridgehead atoms. The van der Waals surface area contributed by atoms with E-state index in [-0.39, 0.29) is 24.2 Å². The maximum absolute atomic E-state index is 12.4. The fourth-order valence-corrected chi connectivity index (χ4v) is 2.70. The largest absolute Gasteiger partial charge is 0.292 e. The summed E-state index contributed by atoms with van der Waals surface area (Å²) in [6.07, 6.45) is 0. The molecule has 1 aromatic carbocycles. The molecule has 0 aromatic heterocycles. The van der Waals surface area contributed by atoms with Crippen LogP contribution < -0.4 is 0 Å². The molecule has 1 unspecified atom stereocenters. The highest BCUT2D eigenvalue weighted by Gasteiger charge is 2.26. The van der Waals surface area contributed by atoms with Crippen molar-refractivity contribution in [3.8, 4) is 0 Å². The van der Waals surface area contributed by atoms with Crippen molar-refractivity contribution in [3.05, 3.63) is 34.9 Å². The summed E-state index contributed by atoms with van der Waals surface area (Å²) in [6.45, 7) is 10.4. The van der Waals surface area contributed by atoms with Crippen molar-refractivity contribution in [2.75, 3.05) is 0 Å². The summed E-state index contributed by atoms with van der Waals surface area (Å²) in [5.41, 5.74) is 0.682. The van der Waals surface area contributed by atoms with Gasteiger partial charge in [-0.3, -0.25) is 9.69 Å². The molecule has 0 heterocycles. The highest BCUT2D eigenvalue weighted by atomic mass is 35.5. The minimum absolute atomic E-state index is 0. The smallest absolute Gasteiger partial charge is 0.179 e. The molecule has 0 aliphatic rings. The summed E-state index contributed by atoms with van der Waals surface area (Å²) in [4.78, 5) is 14.7. The first-order chi connectivity index (χ1) is 8.34. The first-order valence-corrected chi connectivity index (χ1v) is 6.79. The van der Waals surface area contributed by atoms with Crippen LogP contribution in [-0.2, 0) is 0 Å². The molecule has 0 N–H and O–H groups in total. The van der Waals surface area contributed by atoms with E-state index in [0.717, 1.165) is 0 Å².